The monoisotopic (exact) mass is 286 g/mol. The molecule has 0 saturated heterocycles. The molecule has 0 aliphatic rings. The van der Waals surface area contributed by atoms with Gasteiger partial charge in [0, 0.05) is 18.1 Å². The minimum atomic E-state index is 0.250. The largest absolute Gasteiger partial charge is 0.404 e. The number of hydrogen-bond acceptors (Lipinski definition) is 4. The highest BCUT2D eigenvalue weighted by atomic mass is 35.5. The molecule has 3 rings (SSSR count). The number of rotatable bonds is 4. The Morgan fingerprint density at radius 3 is 2.60 bits per heavy atom. The summed E-state index contributed by atoms with van der Waals surface area (Å²) in [6.45, 7) is 0. The molecule has 0 aliphatic carbocycles. The van der Waals surface area contributed by atoms with Crippen molar-refractivity contribution in [2.75, 3.05) is 0 Å². The fraction of sp³-hybridized carbons (Fsp3) is 0.0714. The maximum absolute atomic E-state index is 5.70. The van der Waals surface area contributed by atoms with Gasteiger partial charge in [0.15, 0.2) is 0 Å². The number of alkyl halides is 1. The van der Waals surface area contributed by atoms with E-state index in [2.05, 4.69) is 15.1 Å². The summed E-state index contributed by atoms with van der Waals surface area (Å²) in [5.41, 5.74) is 1.85. The zero-order valence-corrected chi connectivity index (χ0v) is 11.2. The third kappa shape index (κ3) is 2.78. The van der Waals surface area contributed by atoms with Crippen molar-refractivity contribution in [1.29, 1.82) is 0 Å². The smallest absolute Gasteiger partial charge is 0.342 e. The van der Waals surface area contributed by atoms with E-state index >= 15 is 0 Å². The molecule has 2 aromatic heterocycles. The van der Waals surface area contributed by atoms with E-state index in [1.54, 1.807) is 23.3 Å². The zero-order valence-electron chi connectivity index (χ0n) is 10.5. The van der Waals surface area contributed by atoms with Crippen LogP contribution in [0, 0.1) is 0 Å². The third-order valence-electron chi connectivity index (χ3n) is 2.64. The van der Waals surface area contributed by atoms with E-state index in [0.717, 1.165) is 11.3 Å². The highest BCUT2D eigenvalue weighted by Crippen LogP contribution is 2.16. The number of benzene rings is 1. The first-order valence-electron chi connectivity index (χ1n) is 6.01. The van der Waals surface area contributed by atoms with Gasteiger partial charge in [-0.25, -0.2) is 9.67 Å². The van der Waals surface area contributed by atoms with Crippen molar-refractivity contribution in [3.63, 3.8) is 0 Å². The molecule has 0 amide bonds. The van der Waals surface area contributed by atoms with E-state index in [4.69, 9.17) is 16.3 Å². The average Bonchev–Trinajstić information content (AvgIpc) is 2.97. The maximum Gasteiger partial charge on any atom is 0.342 e. The number of nitrogens with zero attached hydrogens (tertiary/aromatic N) is 4. The molecule has 0 unspecified atom stereocenters. The summed E-state index contributed by atoms with van der Waals surface area (Å²) < 4.78 is 7.12. The summed E-state index contributed by atoms with van der Waals surface area (Å²) in [4.78, 5) is 8.22. The van der Waals surface area contributed by atoms with Gasteiger partial charge in [-0.3, -0.25) is 0 Å². The Balaban J connectivity index is 1.77. The maximum atomic E-state index is 5.70. The van der Waals surface area contributed by atoms with E-state index in [1.807, 2.05) is 36.4 Å². The van der Waals surface area contributed by atoms with E-state index in [9.17, 15) is 0 Å². The number of ether oxygens (including phenoxy) is 1. The lowest BCUT2D eigenvalue weighted by Crippen LogP contribution is -1.95. The lowest BCUT2D eigenvalue weighted by molar-refractivity contribution is 0.424. The third-order valence-corrected chi connectivity index (χ3v) is 2.95. The molecule has 0 spiro atoms. The molecule has 0 atom stereocenters. The van der Waals surface area contributed by atoms with Crippen LogP contribution in [0.1, 0.15) is 5.56 Å². The second-order valence-corrected chi connectivity index (χ2v) is 4.31. The Morgan fingerprint density at radius 1 is 1.05 bits per heavy atom. The van der Waals surface area contributed by atoms with Gasteiger partial charge in [0.25, 0.3) is 0 Å². The zero-order chi connectivity index (χ0) is 13.8. The van der Waals surface area contributed by atoms with Gasteiger partial charge in [-0.2, -0.15) is 4.98 Å². The molecule has 1 aromatic carbocycles. The lowest BCUT2D eigenvalue weighted by Gasteiger charge is -2.01. The summed E-state index contributed by atoms with van der Waals surface area (Å²) in [6, 6.07) is 13.5. The van der Waals surface area contributed by atoms with E-state index in [-0.39, 0.29) is 6.01 Å². The molecule has 0 bridgehead atoms. The van der Waals surface area contributed by atoms with Crippen molar-refractivity contribution in [3.05, 3.63) is 60.6 Å². The van der Waals surface area contributed by atoms with Crippen LogP contribution >= 0.6 is 11.6 Å². The Morgan fingerprint density at radius 2 is 1.90 bits per heavy atom. The van der Waals surface area contributed by atoms with Crippen LogP contribution in [-0.2, 0) is 5.88 Å². The van der Waals surface area contributed by atoms with Gasteiger partial charge in [0.1, 0.15) is 6.33 Å². The fourth-order valence-corrected chi connectivity index (χ4v) is 1.80. The normalized spacial score (nSPS) is 10.4. The minimum Gasteiger partial charge on any atom is -0.404 e. The van der Waals surface area contributed by atoms with Gasteiger partial charge in [-0.1, -0.05) is 24.3 Å². The molecule has 0 fully saturated rings. The number of hydrogen-bond donors (Lipinski definition) is 0. The van der Waals surface area contributed by atoms with Crippen LogP contribution in [0.5, 0.6) is 11.9 Å². The van der Waals surface area contributed by atoms with Crippen LogP contribution in [-0.4, -0.2) is 19.7 Å². The molecule has 0 N–H and O–H groups in total. The number of halogens is 1. The SMILES string of the molecule is ClCc1ccc(Oc2ncn(-c3ccccc3)n2)nc1. The Hall–Kier alpha value is -2.40. The first-order chi connectivity index (χ1) is 9.85. The fourth-order valence-electron chi connectivity index (χ4n) is 1.64. The number of pyridine rings is 1. The predicted octanol–water partition coefficient (Wildman–Crippen LogP) is 3.19. The van der Waals surface area contributed by atoms with Gasteiger partial charge in [0.2, 0.25) is 5.88 Å². The molecule has 2 heterocycles. The topological polar surface area (TPSA) is 52.8 Å². The van der Waals surface area contributed by atoms with Gasteiger partial charge < -0.3 is 4.74 Å². The van der Waals surface area contributed by atoms with Crippen molar-refractivity contribution >= 4 is 11.6 Å². The predicted molar refractivity (Wildman–Crippen MR) is 75.2 cm³/mol. The van der Waals surface area contributed by atoms with Crippen LogP contribution in [0.25, 0.3) is 5.69 Å². The van der Waals surface area contributed by atoms with E-state index in [1.165, 1.54) is 0 Å². The van der Waals surface area contributed by atoms with Gasteiger partial charge in [0.05, 0.1) is 5.69 Å². The van der Waals surface area contributed by atoms with E-state index in [0.29, 0.717) is 11.8 Å². The Bertz CT molecular complexity index is 682. The first-order valence-corrected chi connectivity index (χ1v) is 6.54. The number of para-hydroxylation sites is 1. The standard InChI is InChI=1S/C14H11ClN4O/c15-8-11-6-7-13(16-9-11)20-14-17-10-19(18-14)12-4-2-1-3-5-12/h1-7,9-10H,8H2. The van der Waals surface area contributed by atoms with Gasteiger partial charge in [-0.05, 0) is 17.7 Å². The van der Waals surface area contributed by atoms with Crippen LogP contribution in [0.4, 0.5) is 0 Å². The molecule has 20 heavy (non-hydrogen) atoms. The van der Waals surface area contributed by atoms with Crippen molar-refractivity contribution < 1.29 is 4.74 Å². The second-order valence-electron chi connectivity index (χ2n) is 4.05. The molecule has 3 aromatic rings. The van der Waals surface area contributed by atoms with Gasteiger partial charge >= 0.3 is 6.01 Å². The second kappa shape index (κ2) is 5.71. The highest BCUT2D eigenvalue weighted by molar-refractivity contribution is 6.17. The van der Waals surface area contributed by atoms with Crippen molar-refractivity contribution in [2.24, 2.45) is 0 Å². The Kier molecular flexibility index (Phi) is 3.60. The molecule has 5 nitrogen and oxygen atoms in total. The lowest BCUT2D eigenvalue weighted by atomic mass is 10.3. The summed E-state index contributed by atoms with van der Waals surface area (Å²) in [5, 5.41) is 4.24. The Labute approximate surface area is 120 Å². The van der Waals surface area contributed by atoms with Gasteiger partial charge in [-0.15, -0.1) is 16.7 Å². The van der Waals surface area contributed by atoms with Crippen LogP contribution in [0.2, 0.25) is 0 Å². The molecular formula is C14H11ClN4O. The summed E-state index contributed by atoms with van der Waals surface area (Å²) in [7, 11) is 0. The molecule has 0 saturated carbocycles. The van der Waals surface area contributed by atoms with Crippen molar-refractivity contribution in [1.82, 2.24) is 19.7 Å². The molecule has 6 heteroatoms. The van der Waals surface area contributed by atoms with Crippen LogP contribution < -0.4 is 4.74 Å². The first kappa shape index (κ1) is 12.6. The summed E-state index contributed by atoms with van der Waals surface area (Å²) >= 11 is 5.70. The van der Waals surface area contributed by atoms with Crippen LogP contribution in [0.15, 0.2) is 55.0 Å². The van der Waals surface area contributed by atoms with Crippen molar-refractivity contribution in [2.45, 2.75) is 5.88 Å². The van der Waals surface area contributed by atoms with E-state index < -0.39 is 0 Å². The molecule has 0 radical (unpaired) electrons. The minimum absolute atomic E-state index is 0.250. The molecule has 100 valence electrons. The number of aromatic nitrogens is 4. The molecule has 0 aliphatic heterocycles. The van der Waals surface area contributed by atoms with Crippen LogP contribution in [0.3, 0.4) is 0 Å². The summed E-state index contributed by atoms with van der Waals surface area (Å²) in [5.74, 6) is 0.860. The van der Waals surface area contributed by atoms with Crippen molar-refractivity contribution in [3.8, 4) is 17.6 Å². The average molecular weight is 287 g/mol. The molecular weight excluding hydrogens is 276 g/mol. The highest BCUT2D eigenvalue weighted by Gasteiger charge is 2.05. The quantitative estimate of drug-likeness (QED) is 0.691. The summed E-state index contributed by atoms with van der Waals surface area (Å²) in [6.07, 6.45) is 3.26.